The van der Waals surface area contributed by atoms with Gasteiger partial charge in [0.25, 0.3) is 0 Å². The average Bonchev–Trinajstić information content (AvgIpc) is 2.76. The predicted octanol–water partition coefficient (Wildman–Crippen LogP) is 2.76. The maximum atomic E-state index is 12.8. The summed E-state index contributed by atoms with van der Waals surface area (Å²) in [6, 6.07) is 2.25. The number of thiophene rings is 1. The molecule has 1 atom stereocenters. The van der Waals surface area contributed by atoms with Gasteiger partial charge in [0.1, 0.15) is 0 Å². The highest BCUT2D eigenvalue weighted by molar-refractivity contribution is 7.89. The van der Waals surface area contributed by atoms with E-state index in [9.17, 15) is 8.42 Å². The van der Waals surface area contributed by atoms with Gasteiger partial charge in [-0.05, 0) is 45.2 Å². The van der Waals surface area contributed by atoms with E-state index in [2.05, 4.69) is 19.2 Å². The second-order valence-corrected chi connectivity index (χ2v) is 9.58. The van der Waals surface area contributed by atoms with E-state index in [-0.39, 0.29) is 0 Å². The smallest absolute Gasteiger partial charge is 0.244 e. The number of piperidine rings is 1. The molecule has 2 heterocycles. The molecular formula is C15H26N2O2S2. The zero-order valence-electron chi connectivity index (χ0n) is 13.3. The monoisotopic (exact) mass is 330 g/mol. The molecule has 0 amide bonds. The number of hydrogen-bond donors (Lipinski definition) is 1. The van der Waals surface area contributed by atoms with Crippen LogP contribution in [0.1, 0.15) is 36.4 Å². The predicted molar refractivity (Wildman–Crippen MR) is 88.4 cm³/mol. The van der Waals surface area contributed by atoms with E-state index in [4.69, 9.17) is 0 Å². The fraction of sp³-hybridized carbons (Fsp3) is 0.733. The highest BCUT2D eigenvalue weighted by atomic mass is 32.2. The van der Waals surface area contributed by atoms with Gasteiger partial charge in [-0.2, -0.15) is 4.31 Å². The summed E-state index contributed by atoms with van der Waals surface area (Å²) in [6.45, 7) is 10.3. The van der Waals surface area contributed by atoms with Crippen LogP contribution in [0, 0.1) is 19.8 Å². The standard InChI is InChI=1S/C15H26N2O2S2/c1-11(2)16-9-14-6-5-7-17(10-14)21(18,19)15-8-12(3)20-13(15)4/h8,11,14,16H,5-7,9-10H2,1-4H3. The summed E-state index contributed by atoms with van der Waals surface area (Å²) >= 11 is 1.56. The van der Waals surface area contributed by atoms with Crippen LogP contribution in [0.4, 0.5) is 0 Å². The van der Waals surface area contributed by atoms with Gasteiger partial charge in [-0.3, -0.25) is 0 Å². The summed E-state index contributed by atoms with van der Waals surface area (Å²) in [5.41, 5.74) is 0. The first-order valence-corrected chi connectivity index (χ1v) is 9.87. The van der Waals surface area contributed by atoms with Crippen molar-refractivity contribution in [2.75, 3.05) is 19.6 Å². The van der Waals surface area contributed by atoms with Crippen LogP contribution >= 0.6 is 11.3 Å². The third-order valence-corrected chi connectivity index (χ3v) is 7.00. The van der Waals surface area contributed by atoms with Crippen LogP contribution in [0.3, 0.4) is 0 Å². The average molecular weight is 331 g/mol. The molecule has 1 aromatic heterocycles. The largest absolute Gasteiger partial charge is 0.314 e. The molecule has 0 bridgehead atoms. The Hall–Kier alpha value is -0.430. The molecule has 0 aromatic carbocycles. The molecule has 2 rings (SSSR count). The van der Waals surface area contributed by atoms with Crippen LogP contribution in [0.5, 0.6) is 0 Å². The number of sulfonamides is 1. The zero-order chi connectivity index (χ0) is 15.6. The van der Waals surface area contributed by atoms with Gasteiger partial charge < -0.3 is 5.32 Å². The van der Waals surface area contributed by atoms with Crippen molar-refractivity contribution in [3.63, 3.8) is 0 Å². The van der Waals surface area contributed by atoms with Crippen LogP contribution < -0.4 is 5.32 Å². The lowest BCUT2D eigenvalue weighted by Crippen LogP contribution is -2.43. The first-order chi connectivity index (χ1) is 9.80. The first kappa shape index (κ1) is 16.9. The summed E-state index contributed by atoms with van der Waals surface area (Å²) in [6.07, 6.45) is 2.05. The van der Waals surface area contributed by atoms with Crippen molar-refractivity contribution in [2.24, 2.45) is 5.92 Å². The molecule has 1 aromatic rings. The van der Waals surface area contributed by atoms with Gasteiger partial charge in [0.05, 0.1) is 4.90 Å². The highest BCUT2D eigenvalue weighted by Gasteiger charge is 2.31. The Balaban J connectivity index is 2.11. The van der Waals surface area contributed by atoms with Gasteiger partial charge in [-0.25, -0.2) is 8.42 Å². The van der Waals surface area contributed by atoms with Gasteiger partial charge in [0, 0.05) is 28.9 Å². The molecule has 21 heavy (non-hydrogen) atoms. The summed E-state index contributed by atoms with van der Waals surface area (Å²) < 4.78 is 27.3. The Bertz CT molecular complexity index is 578. The molecule has 1 aliphatic rings. The van der Waals surface area contributed by atoms with E-state index in [1.807, 2.05) is 19.9 Å². The van der Waals surface area contributed by atoms with Crippen molar-refractivity contribution in [3.8, 4) is 0 Å². The maximum absolute atomic E-state index is 12.8. The number of aryl methyl sites for hydroxylation is 2. The summed E-state index contributed by atoms with van der Waals surface area (Å²) in [7, 11) is -3.33. The number of rotatable bonds is 5. The molecule has 0 spiro atoms. The van der Waals surface area contributed by atoms with Gasteiger partial charge >= 0.3 is 0 Å². The van der Waals surface area contributed by atoms with Gasteiger partial charge in [0.15, 0.2) is 0 Å². The Morgan fingerprint density at radius 3 is 2.71 bits per heavy atom. The molecular weight excluding hydrogens is 304 g/mol. The molecule has 4 nitrogen and oxygen atoms in total. The third kappa shape index (κ3) is 4.06. The van der Waals surface area contributed by atoms with Gasteiger partial charge in [-0.15, -0.1) is 11.3 Å². The lowest BCUT2D eigenvalue weighted by molar-refractivity contribution is 0.256. The number of nitrogens with zero attached hydrogens (tertiary/aromatic N) is 1. The Morgan fingerprint density at radius 2 is 2.14 bits per heavy atom. The van der Waals surface area contributed by atoms with Crippen molar-refractivity contribution in [1.82, 2.24) is 9.62 Å². The number of nitrogens with one attached hydrogen (secondary N) is 1. The maximum Gasteiger partial charge on any atom is 0.244 e. The molecule has 1 aliphatic heterocycles. The number of hydrogen-bond acceptors (Lipinski definition) is 4. The van der Waals surface area contributed by atoms with Crippen LogP contribution in [-0.4, -0.2) is 38.4 Å². The first-order valence-electron chi connectivity index (χ1n) is 7.61. The normalized spacial score (nSPS) is 21.1. The molecule has 1 unspecified atom stereocenters. The van der Waals surface area contributed by atoms with E-state index in [1.54, 1.807) is 15.6 Å². The molecule has 1 N–H and O–H groups in total. The fourth-order valence-corrected chi connectivity index (χ4v) is 5.90. The highest BCUT2D eigenvalue weighted by Crippen LogP contribution is 2.30. The quantitative estimate of drug-likeness (QED) is 0.903. The van der Waals surface area contributed by atoms with E-state index in [1.165, 1.54) is 0 Å². The lowest BCUT2D eigenvalue weighted by atomic mass is 9.99. The SMILES string of the molecule is Cc1cc(S(=O)(=O)N2CCCC(CNC(C)C)C2)c(C)s1. The van der Waals surface area contributed by atoms with Gasteiger partial charge in [0.2, 0.25) is 10.0 Å². The summed E-state index contributed by atoms with van der Waals surface area (Å²) in [5.74, 6) is 0.413. The fourth-order valence-electron chi connectivity index (χ4n) is 2.82. The summed E-state index contributed by atoms with van der Waals surface area (Å²) in [5, 5.41) is 3.42. The zero-order valence-corrected chi connectivity index (χ0v) is 15.0. The Labute approximate surface area is 132 Å². The van der Waals surface area contributed by atoms with Crippen LogP contribution in [0.15, 0.2) is 11.0 Å². The van der Waals surface area contributed by atoms with Crippen molar-refractivity contribution in [2.45, 2.75) is 51.5 Å². The van der Waals surface area contributed by atoms with E-state index >= 15 is 0 Å². The third-order valence-electron chi connectivity index (χ3n) is 3.91. The second-order valence-electron chi connectivity index (χ2n) is 6.21. The van der Waals surface area contributed by atoms with Crippen LogP contribution in [-0.2, 0) is 10.0 Å². The molecule has 0 aliphatic carbocycles. The topological polar surface area (TPSA) is 49.4 Å². The molecule has 1 fully saturated rings. The van der Waals surface area contributed by atoms with Crippen molar-refractivity contribution in [3.05, 3.63) is 15.8 Å². The van der Waals surface area contributed by atoms with Crippen molar-refractivity contribution >= 4 is 21.4 Å². The molecule has 0 saturated carbocycles. The molecule has 1 saturated heterocycles. The van der Waals surface area contributed by atoms with Crippen molar-refractivity contribution in [1.29, 1.82) is 0 Å². The Kier molecular flexibility index (Phi) is 5.46. The lowest BCUT2D eigenvalue weighted by Gasteiger charge is -2.32. The minimum Gasteiger partial charge on any atom is -0.314 e. The van der Waals surface area contributed by atoms with Gasteiger partial charge in [-0.1, -0.05) is 13.8 Å². The molecule has 120 valence electrons. The van der Waals surface area contributed by atoms with Crippen LogP contribution in [0.25, 0.3) is 0 Å². The molecule has 6 heteroatoms. The molecule has 0 radical (unpaired) electrons. The van der Waals surface area contributed by atoms with E-state index in [0.29, 0.717) is 29.9 Å². The van der Waals surface area contributed by atoms with Crippen LogP contribution in [0.2, 0.25) is 0 Å². The summed E-state index contributed by atoms with van der Waals surface area (Å²) in [4.78, 5) is 2.46. The minimum absolute atomic E-state index is 0.413. The minimum atomic E-state index is -3.33. The Morgan fingerprint density at radius 1 is 1.43 bits per heavy atom. The van der Waals surface area contributed by atoms with E-state index in [0.717, 1.165) is 29.1 Å². The second kappa shape index (κ2) is 6.77. The van der Waals surface area contributed by atoms with E-state index < -0.39 is 10.0 Å². The van der Waals surface area contributed by atoms with Crippen molar-refractivity contribution < 1.29 is 8.42 Å².